The van der Waals surface area contributed by atoms with Crippen molar-refractivity contribution in [1.82, 2.24) is 4.57 Å². The summed E-state index contributed by atoms with van der Waals surface area (Å²) >= 11 is 9.61. The Morgan fingerprint density at radius 3 is 2.64 bits per heavy atom. The maximum absolute atomic E-state index is 13.1. The van der Waals surface area contributed by atoms with Crippen LogP contribution in [0.1, 0.15) is 17.3 Å². The summed E-state index contributed by atoms with van der Waals surface area (Å²) in [7, 11) is 3.92. The number of fused-ring (bicyclic) bond motifs is 1. The number of carbonyl (C=O) groups excluding carboxylic acids is 1. The van der Waals surface area contributed by atoms with E-state index in [9.17, 15) is 4.79 Å². The van der Waals surface area contributed by atoms with Gasteiger partial charge in [0.25, 0.3) is 5.91 Å². The lowest BCUT2D eigenvalue weighted by molar-refractivity contribution is -1.05. The minimum absolute atomic E-state index is 0.128. The topological polar surface area (TPSA) is 31.2 Å². The molecule has 0 aliphatic carbocycles. The van der Waals surface area contributed by atoms with Gasteiger partial charge < -0.3 is 4.84 Å². The largest absolute Gasteiger partial charge is 0.313 e. The van der Waals surface area contributed by atoms with Gasteiger partial charge in [-0.25, -0.2) is 0 Å². The molecule has 0 amide bonds. The molecule has 4 nitrogen and oxygen atoms in total. The van der Waals surface area contributed by atoms with Gasteiger partial charge in [-0.15, -0.1) is 4.65 Å². The Balaban J connectivity index is 2.16. The van der Waals surface area contributed by atoms with Crippen LogP contribution < -0.4 is 4.84 Å². The fourth-order valence-corrected chi connectivity index (χ4v) is 3.13. The number of halogens is 2. The van der Waals surface area contributed by atoms with Crippen molar-refractivity contribution in [2.45, 2.75) is 6.92 Å². The van der Waals surface area contributed by atoms with Gasteiger partial charge in [-0.2, -0.15) is 0 Å². The van der Waals surface area contributed by atoms with Crippen molar-refractivity contribution >= 4 is 44.3 Å². The number of quaternary nitrogens is 1. The summed E-state index contributed by atoms with van der Waals surface area (Å²) in [6, 6.07) is 12.8. The Kier molecular flexibility index (Phi) is 4.91. The third kappa shape index (κ3) is 3.59. The molecule has 0 fully saturated rings. The molecule has 3 rings (SSSR count). The smallest absolute Gasteiger partial charge is 0.263 e. The molecule has 0 saturated carbocycles. The van der Waals surface area contributed by atoms with E-state index in [0.717, 1.165) is 21.9 Å². The van der Waals surface area contributed by atoms with Gasteiger partial charge in [-0.3, -0.25) is 9.36 Å². The highest BCUT2D eigenvalue weighted by atomic mass is 79.9. The zero-order valence-corrected chi connectivity index (χ0v) is 16.6. The molecule has 1 aromatic heterocycles. The molecular weight excluding hydrogens is 404 g/mol. The molecule has 1 heterocycles. The highest BCUT2D eigenvalue weighted by molar-refractivity contribution is 9.10. The molecular formula is C19H19BrClN2O2+. The van der Waals surface area contributed by atoms with Crippen LogP contribution in [0.4, 0.5) is 0 Å². The Morgan fingerprint density at radius 2 is 1.96 bits per heavy atom. The predicted octanol–water partition coefficient (Wildman–Crippen LogP) is 5.14. The zero-order chi connectivity index (χ0) is 18.2. The van der Waals surface area contributed by atoms with Crippen LogP contribution >= 0.6 is 27.5 Å². The molecule has 0 atom stereocenters. The zero-order valence-electron chi connectivity index (χ0n) is 14.3. The summed E-state index contributed by atoms with van der Waals surface area (Å²) in [6.07, 6.45) is 1.73. The summed E-state index contributed by atoms with van der Waals surface area (Å²) in [5.74, 6) is 0.501. The molecule has 0 spiro atoms. The van der Waals surface area contributed by atoms with Crippen LogP contribution in [0.15, 0.2) is 53.1 Å². The first-order valence-corrected chi connectivity index (χ1v) is 9.12. The summed E-state index contributed by atoms with van der Waals surface area (Å²) < 4.78 is 2.70. The second kappa shape index (κ2) is 6.83. The van der Waals surface area contributed by atoms with E-state index < -0.39 is 0 Å². The quantitative estimate of drug-likeness (QED) is 0.431. The first-order chi connectivity index (χ1) is 11.8. The number of hydrogen-bond donors (Lipinski definition) is 0. The van der Waals surface area contributed by atoms with Gasteiger partial charge in [-0.05, 0) is 53.2 Å². The average Bonchev–Trinajstić information content (AvgIpc) is 2.92. The van der Waals surface area contributed by atoms with Crippen LogP contribution in [0.3, 0.4) is 0 Å². The molecule has 0 saturated heterocycles. The lowest BCUT2D eigenvalue weighted by Gasteiger charge is -2.25. The third-order valence-electron chi connectivity index (χ3n) is 4.16. The highest BCUT2D eigenvalue weighted by Crippen LogP contribution is 2.33. The Bertz CT molecular complexity index is 950. The molecule has 0 N–H and O–H groups in total. The SMILES string of the molecule is CC[N+](C)(C)Oc1cn(C(=O)c2ccccc2Br)c2ccc(Cl)cc12. The summed E-state index contributed by atoms with van der Waals surface area (Å²) in [5.41, 5.74) is 1.35. The fourth-order valence-electron chi connectivity index (χ4n) is 2.51. The lowest BCUT2D eigenvalue weighted by Crippen LogP contribution is -2.42. The summed E-state index contributed by atoms with van der Waals surface area (Å²) in [4.78, 5) is 19.2. The van der Waals surface area contributed by atoms with E-state index in [1.54, 1.807) is 22.9 Å². The molecule has 0 radical (unpaired) electrons. The monoisotopic (exact) mass is 421 g/mol. The molecule has 2 aromatic carbocycles. The minimum atomic E-state index is -0.128. The van der Waals surface area contributed by atoms with Crippen molar-refractivity contribution in [3.8, 4) is 5.75 Å². The molecule has 3 aromatic rings. The van der Waals surface area contributed by atoms with Gasteiger partial charge in [0.2, 0.25) is 5.75 Å². The van der Waals surface area contributed by atoms with Crippen LogP contribution in [0.5, 0.6) is 5.75 Å². The van der Waals surface area contributed by atoms with Crippen molar-refractivity contribution < 1.29 is 14.3 Å². The maximum atomic E-state index is 13.1. The van der Waals surface area contributed by atoms with Gasteiger partial charge in [0.15, 0.2) is 0 Å². The molecule has 130 valence electrons. The number of rotatable bonds is 4. The predicted molar refractivity (Wildman–Crippen MR) is 104 cm³/mol. The molecule has 25 heavy (non-hydrogen) atoms. The van der Waals surface area contributed by atoms with Crippen LogP contribution in [0.2, 0.25) is 5.02 Å². The number of hydrogen-bond acceptors (Lipinski definition) is 2. The number of aromatic nitrogens is 1. The van der Waals surface area contributed by atoms with Crippen molar-refractivity contribution in [2.24, 2.45) is 0 Å². The summed E-state index contributed by atoms with van der Waals surface area (Å²) in [5, 5.41) is 1.41. The second-order valence-corrected chi connectivity index (χ2v) is 7.58. The lowest BCUT2D eigenvalue weighted by atomic mass is 10.2. The molecule has 0 bridgehead atoms. The van der Waals surface area contributed by atoms with Crippen LogP contribution in [-0.4, -0.2) is 35.8 Å². The Hall–Kier alpha value is -1.82. The van der Waals surface area contributed by atoms with E-state index in [4.69, 9.17) is 16.4 Å². The summed E-state index contributed by atoms with van der Waals surface area (Å²) in [6.45, 7) is 2.82. The van der Waals surface area contributed by atoms with E-state index in [1.807, 2.05) is 51.4 Å². The molecule has 0 aliphatic heterocycles. The number of carbonyl (C=O) groups is 1. The van der Waals surface area contributed by atoms with Crippen molar-refractivity contribution in [3.05, 3.63) is 63.7 Å². The van der Waals surface area contributed by atoms with E-state index in [2.05, 4.69) is 15.9 Å². The maximum Gasteiger partial charge on any atom is 0.263 e. The third-order valence-corrected chi connectivity index (χ3v) is 5.09. The van der Waals surface area contributed by atoms with Gasteiger partial charge in [0.1, 0.15) is 20.6 Å². The minimum Gasteiger partial charge on any atom is -0.313 e. The van der Waals surface area contributed by atoms with Crippen molar-refractivity contribution in [2.75, 3.05) is 20.6 Å². The average molecular weight is 423 g/mol. The van der Waals surface area contributed by atoms with E-state index in [0.29, 0.717) is 21.0 Å². The van der Waals surface area contributed by atoms with Crippen LogP contribution in [0.25, 0.3) is 10.9 Å². The van der Waals surface area contributed by atoms with Crippen LogP contribution in [0, 0.1) is 0 Å². The van der Waals surface area contributed by atoms with Gasteiger partial charge in [0, 0.05) is 9.50 Å². The Morgan fingerprint density at radius 1 is 1.24 bits per heavy atom. The molecule has 0 unspecified atom stereocenters. The molecule has 6 heteroatoms. The second-order valence-electron chi connectivity index (χ2n) is 6.29. The number of nitrogens with zero attached hydrogens (tertiary/aromatic N) is 2. The van der Waals surface area contributed by atoms with Crippen LogP contribution in [-0.2, 0) is 0 Å². The first kappa shape index (κ1) is 18.0. The number of hydroxylamine groups is 3. The van der Waals surface area contributed by atoms with E-state index >= 15 is 0 Å². The van der Waals surface area contributed by atoms with Gasteiger partial charge in [-0.1, -0.05) is 23.7 Å². The highest BCUT2D eigenvalue weighted by Gasteiger charge is 2.23. The van der Waals surface area contributed by atoms with E-state index in [1.165, 1.54) is 0 Å². The van der Waals surface area contributed by atoms with Gasteiger partial charge >= 0.3 is 0 Å². The van der Waals surface area contributed by atoms with Crippen molar-refractivity contribution in [3.63, 3.8) is 0 Å². The fraction of sp³-hybridized carbons (Fsp3) is 0.211. The molecule has 0 aliphatic rings. The standard InChI is InChI=1S/C19H19BrClN2O2/c1-4-23(2,3)25-18-12-22(17-10-9-13(21)11-15(17)18)19(24)14-7-5-6-8-16(14)20/h5-12H,4H2,1-3H3/q+1. The van der Waals surface area contributed by atoms with E-state index in [-0.39, 0.29) is 5.91 Å². The Labute approximate surface area is 160 Å². The first-order valence-electron chi connectivity index (χ1n) is 7.95. The van der Waals surface area contributed by atoms with Gasteiger partial charge in [0.05, 0.1) is 22.7 Å². The normalized spacial score (nSPS) is 11.7. The van der Waals surface area contributed by atoms with Crippen molar-refractivity contribution in [1.29, 1.82) is 0 Å². The number of benzene rings is 2.